The molecule has 3 nitrogen and oxygen atoms in total. The summed E-state index contributed by atoms with van der Waals surface area (Å²) in [5.41, 5.74) is 6.64. The van der Waals surface area contributed by atoms with Crippen molar-refractivity contribution >= 4 is 11.6 Å². The van der Waals surface area contributed by atoms with E-state index in [9.17, 15) is 0 Å². The number of methoxy groups -OCH3 is 1. The van der Waals surface area contributed by atoms with Crippen molar-refractivity contribution in [3.8, 4) is 11.5 Å². The Morgan fingerprint density at radius 3 is 2.35 bits per heavy atom. The van der Waals surface area contributed by atoms with E-state index < -0.39 is 0 Å². The zero-order valence-corrected chi connectivity index (χ0v) is 11.5. The maximum atomic E-state index is 6.22. The van der Waals surface area contributed by atoms with Gasteiger partial charge in [-0.15, -0.1) is 0 Å². The third-order valence-corrected chi connectivity index (χ3v) is 2.86. The molecule has 1 atom stereocenters. The van der Waals surface area contributed by atoms with Gasteiger partial charge in [-0.05, 0) is 37.9 Å². The van der Waals surface area contributed by atoms with Crippen LogP contribution in [0, 0.1) is 0 Å². The lowest BCUT2D eigenvalue weighted by Crippen LogP contribution is -2.11. The van der Waals surface area contributed by atoms with E-state index in [1.54, 1.807) is 13.2 Å². The summed E-state index contributed by atoms with van der Waals surface area (Å²) in [5, 5.41) is 0.666. The maximum Gasteiger partial charge on any atom is 0.163 e. The lowest BCUT2D eigenvalue weighted by atomic mass is 10.0. The second-order valence-corrected chi connectivity index (χ2v) is 4.74. The molecule has 0 saturated heterocycles. The highest BCUT2D eigenvalue weighted by Gasteiger charge is 2.15. The first kappa shape index (κ1) is 14.1. The standard InChI is InChI=1S/C13H20ClNO2/c1-8(2)17-13-6-11(14)10(9(3)7-15)5-12(13)16-4/h5-6,8-9H,7,15H2,1-4H3. The van der Waals surface area contributed by atoms with Crippen molar-refractivity contribution in [1.82, 2.24) is 0 Å². The molecule has 0 aliphatic carbocycles. The van der Waals surface area contributed by atoms with E-state index in [-0.39, 0.29) is 12.0 Å². The highest BCUT2D eigenvalue weighted by Crippen LogP contribution is 2.36. The zero-order chi connectivity index (χ0) is 13.0. The van der Waals surface area contributed by atoms with E-state index in [0.717, 1.165) is 5.56 Å². The molecule has 0 radical (unpaired) electrons. The van der Waals surface area contributed by atoms with Crippen molar-refractivity contribution in [2.75, 3.05) is 13.7 Å². The van der Waals surface area contributed by atoms with Gasteiger partial charge in [0.1, 0.15) is 0 Å². The molecule has 0 aliphatic heterocycles. The van der Waals surface area contributed by atoms with E-state index >= 15 is 0 Å². The van der Waals surface area contributed by atoms with E-state index in [4.69, 9.17) is 26.8 Å². The Bertz CT molecular complexity index is 380. The fourth-order valence-corrected chi connectivity index (χ4v) is 1.90. The van der Waals surface area contributed by atoms with E-state index in [1.807, 2.05) is 26.8 Å². The molecule has 4 heteroatoms. The largest absolute Gasteiger partial charge is 0.493 e. The van der Waals surface area contributed by atoms with Gasteiger partial charge in [-0.2, -0.15) is 0 Å². The average Bonchev–Trinajstić information content (AvgIpc) is 2.27. The Kier molecular flexibility index (Phi) is 5.09. The first-order valence-electron chi connectivity index (χ1n) is 5.73. The number of rotatable bonds is 5. The Balaban J connectivity index is 3.14. The van der Waals surface area contributed by atoms with E-state index in [0.29, 0.717) is 23.1 Å². The molecule has 0 aliphatic rings. The molecular weight excluding hydrogens is 238 g/mol. The fourth-order valence-electron chi connectivity index (χ4n) is 1.56. The monoisotopic (exact) mass is 257 g/mol. The van der Waals surface area contributed by atoms with Gasteiger partial charge in [0.15, 0.2) is 11.5 Å². The van der Waals surface area contributed by atoms with Crippen LogP contribution in [-0.4, -0.2) is 19.8 Å². The van der Waals surface area contributed by atoms with Gasteiger partial charge in [-0.3, -0.25) is 0 Å². The number of ether oxygens (including phenoxy) is 2. The molecule has 1 rings (SSSR count). The summed E-state index contributed by atoms with van der Waals surface area (Å²) in [5.74, 6) is 1.56. The van der Waals surface area contributed by atoms with Crippen molar-refractivity contribution in [3.63, 3.8) is 0 Å². The second-order valence-electron chi connectivity index (χ2n) is 4.33. The van der Waals surface area contributed by atoms with Crippen LogP contribution in [0.3, 0.4) is 0 Å². The van der Waals surface area contributed by atoms with Crippen molar-refractivity contribution in [1.29, 1.82) is 0 Å². The molecule has 0 spiro atoms. The third-order valence-electron chi connectivity index (χ3n) is 2.53. The van der Waals surface area contributed by atoms with Gasteiger partial charge in [-0.25, -0.2) is 0 Å². The van der Waals surface area contributed by atoms with Crippen LogP contribution >= 0.6 is 11.6 Å². The van der Waals surface area contributed by atoms with Crippen molar-refractivity contribution in [2.45, 2.75) is 32.8 Å². The number of hydrogen-bond donors (Lipinski definition) is 1. The smallest absolute Gasteiger partial charge is 0.163 e. The van der Waals surface area contributed by atoms with Gasteiger partial charge >= 0.3 is 0 Å². The van der Waals surface area contributed by atoms with Crippen molar-refractivity contribution in [2.24, 2.45) is 5.73 Å². The molecule has 1 aromatic rings. The molecular formula is C13H20ClNO2. The van der Waals surface area contributed by atoms with Crippen LogP contribution in [-0.2, 0) is 0 Å². The molecule has 2 N–H and O–H groups in total. The molecule has 96 valence electrons. The lowest BCUT2D eigenvalue weighted by molar-refractivity contribution is 0.230. The molecule has 0 fully saturated rings. The zero-order valence-electron chi connectivity index (χ0n) is 10.8. The highest BCUT2D eigenvalue weighted by molar-refractivity contribution is 6.31. The summed E-state index contributed by atoms with van der Waals surface area (Å²) in [6.07, 6.45) is 0.0812. The van der Waals surface area contributed by atoms with Gasteiger partial charge in [0, 0.05) is 11.1 Å². The first-order chi connectivity index (χ1) is 7.99. The second kappa shape index (κ2) is 6.12. The molecule has 0 aromatic heterocycles. The summed E-state index contributed by atoms with van der Waals surface area (Å²) in [6, 6.07) is 3.69. The van der Waals surface area contributed by atoms with Crippen LogP contribution in [0.15, 0.2) is 12.1 Å². The molecule has 1 unspecified atom stereocenters. The van der Waals surface area contributed by atoms with Crippen LogP contribution < -0.4 is 15.2 Å². The normalized spacial score (nSPS) is 12.6. The number of halogens is 1. The highest BCUT2D eigenvalue weighted by atomic mass is 35.5. The predicted octanol–water partition coefficient (Wildman–Crippen LogP) is 3.20. The van der Waals surface area contributed by atoms with Crippen LogP contribution in [0.5, 0.6) is 11.5 Å². The Morgan fingerprint density at radius 2 is 1.88 bits per heavy atom. The average molecular weight is 258 g/mol. The van der Waals surface area contributed by atoms with Gasteiger partial charge in [0.05, 0.1) is 13.2 Å². The summed E-state index contributed by atoms with van der Waals surface area (Å²) < 4.78 is 11.0. The van der Waals surface area contributed by atoms with E-state index in [1.165, 1.54) is 0 Å². The van der Waals surface area contributed by atoms with E-state index in [2.05, 4.69) is 0 Å². The lowest BCUT2D eigenvalue weighted by Gasteiger charge is -2.18. The summed E-state index contributed by atoms with van der Waals surface area (Å²) in [6.45, 7) is 6.50. The van der Waals surface area contributed by atoms with Gasteiger partial charge in [-0.1, -0.05) is 18.5 Å². The molecule has 0 amide bonds. The minimum atomic E-state index is 0.0812. The van der Waals surface area contributed by atoms with Crippen LogP contribution in [0.25, 0.3) is 0 Å². The quantitative estimate of drug-likeness (QED) is 0.881. The Hall–Kier alpha value is -0.930. The maximum absolute atomic E-state index is 6.22. The SMILES string of the molecule is COc1cc(C(C)CN)c(Cl)cc1OC(C)C. The predicted molar refractivity (Wildman–Crippen MR) is 71.2 cm³/mol. The molecule has 1 aromatic carbocycles. The molecule has 0 heterocycles. The summed E-state index contributed by atoms with van der Waals surface area (Å²) in [4.78, 5) is 0. The van der Waals surface area contributed by atoms with Crippen molar-refractivity contribution < 1.29 is 9.47 Å². The van der Waals surface area contributed by atoms with Crippen LogP contribution in [0.2, 0.25) is 5.02 Å². The Labute approximate surface area is 108 Å². The fraction of sp³-hybridized carbons (Fsp3) is 0.538. The van der Waals surface area contributed by atoms with Crippen LogP contribution in [0.1, 0.15) is 32.3 Å². The minimum absolute atomic E-state index is 0.0812. The molecule has 0 bridgehead atoms. The van der Waals surface area contributed by atoms with Gasteiger partial charge in [0.2, 0.25) is 0 Å². The third kappa shape index (κ3) is 3.51. The molecule has 17 heavy (non-hydrogen) atoms. The summed E-state index contributed by atoms with van der Waals surface area (Å²) in [7, 11) is 1.62. The summed E-state index contributed by atoms with van der Waals surface area (Å²) >= 11 is 6.22. The van der Waals surface area contributed by atoms with Crippen molar-refractivity contribution in [3.05, 3.63) is 22.7 Å². The number of hydrogen-bond acceptors (Lipinski definition) is 3. The minimum Gasteiger partial charge on any atom is -0.493 e. The number of benzene rings is 1. The topological polar surface area (TPSA) is 44.5 Å². The molecule has 0 saturated carbocycles. The van der Waals surface area contributed by atoms with Gasteiger partial charge in [0.25, 0.3) is 0 Å². The Morgan fingerprint density at radius 1 is 1.24 bits per heavy atom. The first-order valence-corrected chi connectivity index (χ1v) is 6.11. The number of nitrogens with two attached hydrogens (primary N) is 1. The van der Waals surface area contributed by atoms with Gasteiger partial charge < -0.3 is 15.2 Å². The van der Waals surface area contributed by atoms with Crippen LogP contribution in [0.4, 0.5) is 0 Å².